The van der Waals surface area contributed by atoms with Crippen LogP contribution in [0.1, 0.15) is 40.5 Å². The van der Waals surface area contributed by atoms with Crippen molar-refractivity contribution in [1.29, 1.82) is 0 Å². The fourth-order valence-corrected chi connectivity index (χ4v) is 2.67. The lowest BCUT2D eigenvalue weighted by Crippen LogP contribution is -2.19. The summed E-state index contributed by atoms with van der Waals surface area (Å²) in [6.07, 6.45) is 6.03. The predicted molar refractivity (Wildman–Crippen MR) is 75.8 cm³/mol. The minimum Gasteiger partial charge on any atom is -0.304 e. The molecule has 1 unspecified atom stereocenters. The van der Waals surface area contributed by atoms with Crippen LogP contribution in [0.4, 0.5) is 0 Å². The molecule has 0 saturated carbocycles. The van der Waals surface area contributed by atoms with E-state index in [1.807, 2.05) is 19.3 Å². The Morgan fingerprint density at radius 2 is 2.11 bits per heavy atom. The number of benzene rings is 1. The molecule has 0 fully saturated rings. The topological polar surface area (TPSA) is 37.8 Å². The molecule has 1 aromatic carbocycles. The molecule has 0 spiro atoms. The molecule has 0 bridgehead atoms. The summed E-state index contributed by atoms with van der Waals surface area (Å²) >= 11 is 0. The average Bonchev–Trinajstić information content (AvgIpc) is 2.80. The van der Waals surface area contributed by atoms with Gasteiger partial charge in [0.2, 0.25) is 0 Å². The van der Waals surface area contributed by atoms with E-state index in [0.717, 1.165) is 17.9 Å². The van der Waals surface area contributed by atoms with Crippen molar-refractivity contribution in [2.24, 2.45) is 0 Å². The molecule has 0 aliphatic heterocycles. The number of hydrogen-bond donors (Lipinski definition) is 1. The second kappa shape index (κ2) is 5.10. The van der Waals surface area contributed by atoms with Crippen molar-refractivity contribution in [3.8, 4) is 0 Å². The third-order valence-electron chi connectivity index (χ3n) is 3.74. The highest BCUT2D eigenvalue weighted by molar-refractivity contribution is 5.37. The lowest BCUT2D eigenvalue weighted by molar-refractivity contribution is 0.524. The Kier molecular flexibility index (Phi) is 3.30. The molecular formula is C16H19N3. The summed E-state index contributed by atoms with van der Waals surface area (Å²) in [5, 5.41) is 3.60. The highest BCUT2D eigenvalue weighted by atomic mass is 14.9. The summed E-state index contributed by atoms with van der Waals surface area (Å²) in [5.74, 6) is 0. The highest BCUT2D eigenvalue weighted by Crippen LogP contribution is 2.31. The van der Waals surface area contributed by atoms with Crippen LogP contribution < -0.4 is 5.32 Å². The maximum absolute atomic E-state index is 4.39. The van der Waals surface area contributed by atoms with Gasteiger partial charge in [-0.15, -0.1) is 0 Å². The summed E-state index contributed by atoms with van der Waals surface area (Å²) in [4.78, 5) is 8.67. The van der Waals surface area contributed by atoms with Gasteiger partial charge in [-0.1, -0.05) is 23.8 Å². The number of aromatic nitrogens is 2. The van der Waals surface area contributed by atoms with Gasteiger partial charge in [-0.25, -0.2) is 0 Å². The summed E-state index contributed by atoms with van der Waals surface area (Å²) in [7, 11) is 0. The fourth-order valence-electron chi connectivity index (χ4n) is 2.67. The lowest BCUT2D eigenvalue weighted by atomic mass is 10.1. The van der Waals surface area contributed by atoms with Crippen LogP contribution in [0.25, 0.3) is 0 Å². The summed E-state index contributed by atoms with van der Waals surface area (Å²) in [5.41, 5.74) is 6.25. The first kappa shape index (κ1) is 12.3. The van der Waals surface area contributed by atoms with Gasteiger partial charge in [0.1, 0.15) is 0 Å². The first-order chi connectivity index (χ1) is 9.22. The van der Waals surface area contributed by atoms with E-state index >= 15 is 0 Å². The zero-order valence-corrected chi connectivity index (χ0v) is 11.5. The van der Waals surface area contributed by atoms with Crippen LogP contribution in [-0.2, 0) is 13.0 Å². The third kappa shape index (κ3) is 2.66. The summed E-state index contributed by atoms with van der Waals surface area (Å²) in [6.45, 7) is 4.90. The molecule has 3 rings (SSSR count). The quantitative estimate of drug-likeness (QED) is 0.914. The molecule has 3 heteroatoms. The number of nitrogens with one attached hydrogen (secondary N) is 1. The number of nitrogens with zero attached hydrogens (tertiary/aromatic N) is 2. The van der Waals surface area contributed by atoms with Crippen molar-refractivity contribution in [2.75, 3.05) is 0 Å². The molecule has 0 amide bonds. The van der Waals surface area contributed by atoms with Gasteiger partial charge in [-0.2, -0.15) is 0 Å². The predicted octanol–water partition coefficient (Wildman–Crippen LogP) is 2.87. The van der Waals surface area contributed by atoms with Crippen LogP contribution in [0.5, 0.6) is 0 Å². The normalized spacial score (nSPS) is 17.5. The second-order valence-electron chi connectivity index (χ2n) is 5.32. The number of hydrogen-bond acceptors (Lipinski definition) is 3. The lowest BCUT2D eigenvalue weighted by Gasteiger charge is -2.14. The van der Waals surface area contributed by atoms with Crippen molar-refractivity contribution < 1.29 is 0 Å². The van der Waals surface area contributed by atoms with Crippen molar-refractivity contribution in [3.05, 3.63) is 58.7 Å². The van der Waals surface area contributed by atoms with Gasteiger partial charge in [0.05, 0.1) is 11.4 Å². The van der Waals surface area contributed by atoms with Crippen molar-refractivity contribution >= 4 is 0 Å². The van der Waals surface area contributed by atoms with Crippen LogP contribution in [0.2, 0.25) is 0 Å². The molecule has 1 atom stereocenters. The van der Waals surface area contributed by atoms with Crippen molar-refractivity contribution in [3.63, 3.8) is 0 Å². The molecule has 1 aliphatic rings. The average molecular weight is 253 g/mol. The zero-order chi connectivity index (χ0) is 13.2. The molecular weight excluding hydrogens is 234 g/mol. The maximum Gasteiger partial charge on any atom is 0.0724 e. The number of aryl methyl sites for hydroxylation is 3. The molecule has 3 nitrogen and oxygen atoms in total. The Bertz CT molecular complexity index is 575. The van der Waals surface area contributed by atoms with E-state index in [1.54, 1.807) is 0 Å². The van der Waals surface area contributed by atoms with Crippen LogP contribution >= 0.6 is 0 Å². The van der Waals surface area contributed by atoms with Gasteiger partial charge >= 0.3 is 0 Å². The van der Waals surface area contributed by atoms with Gasteiger partial charge in [0.25, 0.3) is 0 Å². The molecule has 0 saturated heterocycles. The Labute approximate surface area is 114 Å². The highest BCUT2D eigenvalue weighted by Gasteiger charge is 2.21. The van der Waals surface area contributed by atoms with Crippen LogP contribution in [0.3, 0.4) is 0 Å². The van der Waals surface area contributed by atoms with Gasteiger partial charge < -0.3 is 5.32 Å². The summed E-state index contributed by atoms with van der Waals surface area (Å²) in [6, 6.07) is 7.23. The van der Waals surface area contributed by atoms with E-state index in [9.17, 15) is 0 Å². The van der Waals surface area contributed by atoms with Crippen molar-refractivity contribution in [1.82, 2.24) is 15.3 Å². The van der Waals surface area contributed by atoms with Gasteiger partial charge in [-0.05, 0) is 37.8 Å². The SMILES string of the molecule is Cc1ccc2c(c1)C(NCc1cnc(C)cn1)CC2. The largest absolute Gasteiger partial charge is 0.304 e. The van der Waals surface area contributed by atoms with E-state index in [1.165, 1.54) is 29.5 Å². The minimum atomic E-state index is 0.456. The Morgan fingerprint density at radius 1 is 1.21 bits per heavy atom. The molecule has 1 aliphatic carbocycles. The molecule has 19 heavy (non-hydrogen) atoms. The Balaban J connectivity index is 1.69. The van der Waals surface area contributed by atoms with E-state index in [0.29, 0.717) is 6.04 Å². The zero-order valence-electron chi connectivity index (χ0n) is 11.5. The van der Waals surface area contributed by atoms with Crippen LogP contribution in [0, 0.1) is 13.8 Å². The van der Waals surface area contributed by atoms with E-state index in [4.69, 9.17) is 0 Å². The Hall–Kier alpha value is -1.74. The van der Waals surface area contributed by atoms with E-state index in [2.05, 4.69) is 40.4 Å². The first-order valence-corrected chi connectivity index (χ1v) is 6.83. The van der Waals surface area contributed by atoms with Gasteiger partial charge in [0.15, 0.2) is 0 Å². The third-order valence-corrected chi connectivity index (χ3v) is 3.74. The maximum atomic E-state index is 4.39. The molecule has 98 valence electrons. The monoisotopic (exact) mass is 253 g/mol. The summed E-state index contributed by atoms with van der Waals surface area (Å²) < 4.78 is 0. The molecule has 0 radical (unpaired) electrons. The first-order valence-electron chi connectivity index (χ1n) is 6.83. The smallest absolute Gasteiger partial charge is 0.0724 e. The fraction of sp³-hybridized carbons (Fsp3) is 0.375. The number of fused-ring (bicyclic) bond motifs is 1. The van der Waals surface area contributed by atoms with Gasteiger partial charge in [0, 0.05) is 25.0 Å². The number of rotatable bonds is 3. The Morgan fingerprint density at radius 3 is 2.89 bits per heavy atom. The second-order valence-corrected chi connectivity index (χ2v) is 5.32. The van der Waals surface area contributed by atoms with Crippen LogP contribution in [-0.4, -0.2) is 9.97 Å². The van der Waals surface area contributed by atoms with Gasteiger partial charge in [-0.3, -0.25) is 9.97 Å². The minimum absolute atomic E-state index is 0.456. The molecule has 2 aromatic rings. The van der Waals surface area contributed by atoms with Crippen molar-refractivity contribution in [2.45, 2.75) is 39.3 Å². The molecule has 1 aromatic heterocycles. The standard InChI is InChI=1S/C16H19N3/c1-11-3-4-13-5-6-16(15(13)7-11)19-10-14-9-17-12(2)8-18-14/h3-4,7-9,16,19H,5-6,10H2,1-2H3. The molecule has 1 heterocycles. The molecule has 1 N–H and O–H groups in total. The van der Waals surface area contributed by atoms with Crippen LogP contribution in [0.15, 0.2) is 30.6 Å². The van der Waals surface area contributed by atoms with E-state index in [-0.39, 0.29) is 0 Å². The van der Waals surface area contributed by atoms with E-state index < -0.39 is 0 Å².